The number of hydrogen-bond acceptors (Lipinski definition) is 2. The normalized spacial score (nSPS) is 15.3. The maximum Gasteiger partial charge on any atom is 0.217 e. The maximum absolute atomic E-state index is 5.16. The Morgan fingerprint density at radius 2 is 2.42 bits per heavy atom. The fraction of sp³-hybridized carbons (Fsp3) is 0.444. The Kier molecular flexibility index (Phi) is 1.64. The van der Waals surface area contributed by atoms with E-state index in [0.29, 0.717) is 0 Å². The van der Waals surface area contributed by atoms with Crippen LogP contribution in [0.25, 0.3) is 0 Å². The van der Waals surface area contributed by atoms with Crippen LogP contribution >= 0.6 is 0 Å². The second kappa shape index (κ2) is 2.66. The number of H-pyrrole nitrogens is 1. The van der Waals surface area contributed by atoms with E-state index in [1.165, 1.54) is 11.4 Å². The van der Waals surface area contributed by atoms with Crippen molar-refractivity contribution in [3.63, 3.8) is 0 Å². The summed E-state index contributed by atoms with van der Waals surface area (Å²) in [6, 6.07) is 2.08. The first-order valence-electron chi connectivity index (χ1n) is 4.08. The summed E-state index contributed by atoms with van der Waals surface area (Å²) in [5.74, 6) is 0.764. The molecular formula is C9H12N2O. The number of methoxy groups -OCH3 is 1. The van der Waals surface area contributed by atoms with Crippen LogP contribution in [-0.4, -0.2) is 24.5 Å². The highest BCUT2D eigenvalue weighted by Gasteiger charge is 2.16. The van der Waals surface area contributed by atoms with Crippen LogP contribution in [0, 0.1) is 6.92 Å². The molecule has 1 aliphatic rings. The van der Waals surface area contributed by atoms with Crippen LogP contribution in [-0.2, 0) is 11.2 Å². The van der Waals surface area contributed by atoms with Crippen LogP contribution in [0.15, 0.2) is 11.1 Å². The minimum atomic E-state index is 0.764. The third-order valence-electron chi connectivity index (χ3n) is 2.07. The first-order valence-corrected chi connectivity index (χ1v) is 4.08. The lowest BCUT2D eigenvalue weighted by molar-refractivity contribution is 0.400. The van der Waals surface area contributed by atoms with Gasteiger partial charge in [0.05, 0.1) is 12.7 Å². The number of nitrogens with zero attached hydrogens (tertiary/aromatic N) is 1. The number of aromatic amines is 1. The molecular weight excluding hydrogens is 152 g/mol. The quantitative estimate of drug-likeness (QED) is 0.616. The van der Waals surface area contributed by atoms with Gasteiger partial charge in [-0.3, -0.25) is 4.99 Å². The molecule has 1 aromatic rings. The summed E-state index contributed by atoms with van der Waals surface area (Å²) in [4.78, 5) is 7.58. The number of aromatic nitrogens is 1. The summed E-state index contributed by atoms with van der Waals surface area (Å²) in [5, 5.41) is 0. The third kappa shape index (κ3) is 1.02. The molecule has 1 N–H and O–H groups in total. The number of aryl methyl sites for hydroxylation is 1. The molecule has 0 fully saturated rings. The molecule has 0 bridgehead atoms. The van der Waals surface area contributed by atoms with E-state index >= 15 is 0 Å². The summed E-state index contributed by atoms with van der Waals surface area (Å²) in [6.45, 7) is 2.88. The number of ether oxygens (including phenoxy) is 1. The summed E-state index contributed by atoms with van der Waals surface area (Å²) in [6.07, 6.45) is 0.996. The van der Waals surface area contributed by atoms with Gasteiger partial charge in [0, 0.05) is 24.4 Å². The highest BCUT2D eigenvalue weighted by molar-refractivity contribution is 5.96. The molecule has 12 heavy (non-hydrogen) atoms. The van der Waals surface area contributed by atoms with Crippen molar-refractivity contribution in [1.82, 2.24) is 4.98 Å². The second-order valence-electron chi connectivity index (χ2n) is 2.99. The van der Waals surface area contributed by atoms with Crippen LogP contribution in [0.5, 0.6) is 0 Å². The Hall–Kier alpha value is -1.25. The van der Waals surface area contributed by atoms with Crippen molar-refractivity contribution in [2.24, 2.45) is 4.99 Å². The minimum absolute atomic E-state index is 0.764. The highest BCUT2D eigenvalue weighted by Crippen LogP contribution is 2.16. The summed E-state index contributed by atoms with van der Waals surface area (Å²) in [5.41, 5.74) is 3.55. The zero-order valence-electron chi connectivity index (χ0n) is 7.35. The average Bonchev–Trinajstić information content (AvgIpc) is 2.44. The first kappa shape index (κ1) is 7.40. The third-order valence-corrected chi connectivity index (χ3v) is 2.07. The molecule has 0 amide bonds. The molecule has 0 aliphatic carbocycles. The maximum atomic E-state index is 5.16. The molecule has 0 atom stereocenters. The van der Waals surface area contributed by atoms with Crippen molar-refractivity contribution < 1.29 is 4.74 Å². The monoisotopic (exact) mass is 164 g/mol. The Morgan fingerprint density at radius 1 is 1.58 bits per heavy atom. The van der Waals surface area contributed by atoms with Gasteiger partial charge in [0.2, 0.25) is 5.90 Å². The van der Waals surface area contributed by atoms with Crippen LogP contribution in [0.4, 0.5) is 0 Å². The predicted molar refractivity (Wildman–Crippen MR) is 47.6 cm³/mol. The molecule has 3 nitrogen and oxygen atoms in total. The lowest BCUT2D eigenvalue weighted by Gasteiger charge is -2.10. The van der Waals surface area contributed by atoms with Crippen molar-refractivity contribution in [1.29, 1.82) is 0 Å². The zero-order chi connectivity index (χ0) is 8.55. The molecule has 64 valence electrons. The molecule has 1 aromatic heterocycles. The number of aliphatic imine (C=N–C) groups is 1. The molecule has 0 saturated heterocycles. The van der Waals surface area contributed by atoms with Gasteiger partial charge in [-0.1, -0.05) is 0 Å². The molecule has 0 unspecified atom stereocenters. The van der Waals surface area contributed by atoms with E-state index < -0.39 is 0 Å². The Labute approximate surface area is 71.5 Å². The molecule has 0 spiro atoms. The SMILES string of the molecule is COC1=NCCc2[nH]c(C)cc21. The van der Waals surface area contributed by atoms with Gasteiger partial charge in [-0.2, -0.15) is 0 Å². The largest absolute Gasteiger partial charge is 0.481 e. The van der Waals surface area contributed by atoms with Crippen LogP contribution in [0.2, 0.25) is 0 Å². The predicted octanol–water partition coefficient (Wildman–Crippen LogP) is 1.27. The molecule has 2 rings (SSSR count). The van der Waals surface area contributed by atoms with Crippen molar-refractivity contribution in [2.45, 2.75) is 13.3 Å². The molecule has 1 aliphatic heterocycles. The van der Waals surface area contributed by atoms with E-state index in [1.54, 1.807) is 7.11 Å². The fourth-order valence-corrected chi connectivity index (χ4v) is 1.56. The van der Waals surface area contributed by atoms with Gasteiger partial charge < -0.3 is 9.72 Å². The lowest BCUT2D eigenvalue weighted by atomic mass is 10.1. The van der Waals surface area contributed by atoms with Crippen LogP contribution in [0.1, 0.15) is 17.0 Å². The highest BCUT2D eigenvalue weighted by atomic mass is 16.5. The van der Waals surface area contributed by atoms with Gasteiger partial charge in [0.25, 0.3) is 0 Å². The van der Waals surface area contributed by atoms with E-state index in [1.807, 2.05) is 6.92 Å². The number of hydrogen-bond donors (Lipinski definition) is 1. The van der Waals surface area contributed by atoms with Gasteiger partial charge >= 0.3 is 0 Å². The van der Waals surface area contributed by atoms with Gasteiger partial charge in [-0.15, -0.1) is 0 Å². The van der Waals surface area contributed by atoms with Gasteiger partial charge in [0.1, 0.15) is 0 Å². The topological polar surface area (TPSA) is 37.4 Å². The van der Waals surface area contributed by atoms with Gasteiger partial charge in [-0.05, 0) is 13.0 Å². The van der Waals surface area contributed by atoms with Crippen molar-refractivity contribution >= 4 is 5.90 Å². The van der Waals surface area contributed by atoms with Gasteiger partial charge in [-0.25, -0.2) is 0 Å². The van der Waals surface area contributed by atoms with Crippen LogP contribution < -0.4 is 0 Å². The summed E-state index contributed by atoms with van der Waals surface area (Å²) < 4.78 is 5.16. The Balaban J connectivity index is 2.47. The molecule has 0 radical (unpaired) electrons. The Bertz CT molecular complexity index is 325. The number of rotatable bonds is 0. The number of nitrogens with one attached hydrogen (secondary N) is 1. The van der Waals surface area contributed by atoms with E-state index in [4.69, 9.17) is 4.74 Å². The number of fused-ring (bicyclic) bond motifs is 1. The summed E-state index contributed by atoms with van der Waals surface area (Å²) >= 11 is 0. The van der Waals surface area contributed by atoms with Crippen LogP contribution in [0.3, 0.4) is 0 Å². The van der Waals surface area contributed by atoms with Crippen molar-refractivity contribution in [2.75, 3.05) is 13.7 Å². The van der Waals surface area contributed by atoms with E-state index in [0.717, 1.165) is 24.4 Å². The Morgan fingerprint density at radius 3 is 3.17 bits per heavy atom. The fourth-order valence-electron chi connectivity index (χ4n) is 1.56. The van der Waals surface area contributed by atoms with E-state index in [9.17, 15) is 0 Å². The second-order valence-corrected chi connectivity index (χ2v) is 2.99. The molecule has 3 heteroatoms. The smallest absolute Gasteiger partial charge is 0.217 e. The molecule has 0 aromatic carbocycles. The molecule has 0 saturated carbocycles. The standard InChI is InChI=1S/C9H12N2O/c1-6-5-7-8(11-6)3-4-10-9(7)12-2/h5,11H,3-4H2,1-2H3. The van der Waals surface area contributed by atoms with Gasteiger partial charge in [0.15, 0.2) is 0 Å². The first-order chi connectivity index (χ1) is 5.81. The lowest BCUT2D eigenvalue weighted by Crippen LogP contribution is -2.12. The van der Waals surface area contributed by atoms with Crippen molar-refractivity contribution in [3.8, 4) is 0 Å². The summed E-state index contributed by atoms with van der Waals surface area (Å²) in [7, 11) is 1.66. The zero-order valence-corrected chi connectivity index (χ0v) is 7.35. The van der Waals surface area contributed by atoms with Crippen molar-refractivity contribution in [3.05, 3.63) is 23.0 Å². The minimum Gasteiger partial charge on any atom is -0.481 e. The van der Waals surface area contributed by atoms with E-state index in [2.05, 4.69) is 16.0 Å². The molecule has 2 heterocycles. The average molecular weight is 164 g/mol. The van der Waals surface area contributed by atoms with E-state index in [-0.39, 0.29) is 0 Å².